The molecule has 0 bridgehead atoms. The van der Waals surface area contributed by atoms with Gasteiger partial charge in [0.15, 0.2) is 0 Å². The third-order valence-corrected chi connectivity index (χ3v) is 3.78. The first-order chi connectivity index (χ1) is 6.73. The van der Waals surface area contributed by atoms with Crippen molar-refractivity contribution in [2.45, 2.75) is 65.2 Å². The summed E-state index contributed by atoms with van der Waals surface area (Å²) >= 11 is 0. The number of hydrogen-bond acceptors (Lipinski definition) is 1. The molecule has 1 fully saturated rings. The van der Waals surface area contributed by atoms with Crippen LogP contribution in [0.15, 0.2) is 0 Å². The molecular weight excluding hydrogens is 172 g/mol. The van der Waals surface area contributed by atoms with Gasteiger partial charge in [-0.3, -0.25) is 0 Å². The summed E-state index contributed by atoms with van der Waals surface area (Å²) in [5, 5.41) is 9.40. The van der Waals surface area contributed by atoms with Gasteiger partial charge in [0.25, 0.3) is 0 Å². The van der Waals surface area contributed by atoms with E-state index in [1.165, 1.54) is 51.4 Å². The van der Waals surface area contributed by atoms with Crippen molar-refractivity contribution in [3.8, 4) is 0 Å². The standard InChI is InChI=1S/C13H26O/c1-3-4-5-6-7-10-13(2,11-14)12-8-9-12/h12,14H,3-11H2,1-2H3. The lowest BCUT2D eigenvalue weighted by Gasteiger charge is -2.27. The van der Waals surface area contributed by atoms with E-state index in [0.717, 1.165) is 5.92 Å². The SMILES string of the molecule is CCCCCCCC(C)(CO)C1CC1. The zero-order valence-corrected chi connectivity index (χ0v) is 9.89. The van der Waals surface area contributed by atoms with Gasteiger partial charge in [0.2, 0.25) is 0 Å². The molecule has 0 spiro atoms. The summed E-state index contributed by atoms with van der Waals surface area (Å²) in [6.45, 7) is 4.91. The summed E-state index contributed by atoms with van der Waals surface area (Å²) < 4.78 is 0. The number of unbranched alkanes of at least 4 members (excludes halogenated alkanes) is 4. The average molecular weight is 198 g/mol. The zero-order chi connectivity index (χ0) is 10.4. The first kappa shape index (κ1) is 12.0. The van der Waals surface area contributed by atoms with Gasteiger partial charge in [-0.25, -0.2) is 0 Å². The van der Waals surface area contributed by atoms with E-state index in [0.29, 0.717) is 6.61 Å². The molecule has 1 rings (SSSR count). The predicted octanol–water partition coefficient (Wildman–Crippen LogP) is 3.76. The Labute approximate surface area is 88.9 Å². The molecule has 1 atom stereocenters. The van der Waals surface area contributed by atoms with Crippen molar-refractivity contribution < 1.29 is 5.11 Å². The van der Waals surface area contributed by atoms with Crippen LogP contribution in [0.3, 0.4) is 0 Å². The van der Waals surface area contributed by atoms with Crippen molar-refractivity contribution in [3.05, 3.63) is 0 Å². The van der Waals surface area contributed by atoms with E-state index in [4.69, 9.17) is 0 Å². The quantitative estimate of drug-likeness (QED) is 0.589. The summed E-state index contributed by atoms with van der Waals surface area (Å²) in [4.78, 5) is 0. The maximum atomic E-state index is 9.40. The van der Waals surface area contributed by atoms with Crippen molar-refractivity contribution in [1.29, 1.82) is 0 Å². The van der Waals surface area contributed by atoms with Gasteiger partial charge >= 0.3 is 0 Å². The molecule has 1 heteroatoms. The molecule has 0 aliphatic heterocycles. The van der Waals surface area contributed by atoms with Gasteiger partial charge < -0.3 is 5.11 Å². The van der Waals surface area contributed by atoms with E-state index >= 15 is 0 Å². The molecule has 84 valence electrons. The zero-order valence-electron chi connectivity index (χ0n) is 9.89. The second kappa shape index (κ2) is 5.75. The minimum atomic E-state index is 0.256. The van der Waals surface area contributed by atoms with Crippen molar-refractivity contribution in [2.24, 2.45) is 11.3 Å². The van der Waals surface area contributed by atoms with Crippen LogP contribution in [0.5, 0.6) is 0 Å². The minimum Gasteiger partial charge on any atom is -0.396 e. The highest BCUT2D eigenvalue weighted by Gasteiger charge is 2.40. The Morgan fingerprint density at radius 3 is 2.29 bits per heavy atom. The summed E-state index contributed by atoms with van der Waals surface area (Å²) in [5.41, 5.74) is 0.256. The minimum absolute atomic E-state index is 0.256. The molecule has 0 saturated heterocycles. The van der Waals surface area contributed by atoms with E-state index in [1.54, 1.807) is 0 Å². The van der Waals surface area contributed by atoms with Crippen molar-refractivity contribution in [2.75, 3.05) is 6.61 Å². The number of aliphatic hydroxyl groups excluding tert-OH is 1. The Hall–Kier alpha value is -0.0400. The van der Waals surface area contributed by atoms with Crippen molar-refractivity contribution in [3.63, 3.8) is 0 Å². The van der Waals surface area contributed by atoms with Crippen LogP contribution < -0.4 is 0 Å². The lowest BCUT2D eigenvalue weighted by Crippen LogP contribution is -2.23. The van der Waals surface area contributed by atoms with Crippen LogP contribution in [-0.4, -0.2) is 11.7 Å². The molecule has 1 unspecified atom stereocenters. The van der Waals surface area contributed by atoms with Crippen LogP contribution in [0.2, 0.25) is 0 Å². The Kier molecular flexibility index (Phi) is 4.94. The van der Waals surface area contributed by atoms with Crippen LogP contribution in [-0.2, 0) is 0 Å². The van der Waals surface area contributed by atoms with Gasteiger partial charge in [0, 0.05) is 6.61 Å². The third kappa shape index (κ3) is 3.61. The van der Waals surface area contributed by atoms with Gasteiger partial charge in [0.1, 0.15) is 0 Å². The molecule has 0 aromatic carbocycles. The summed E-state index contributed by atoms with van der Waals surface area (Å²) in [5.74, 6) is 0.832. The van der Waals surface area contributed by atoms with Crippen LogP contribution in [0.25, 0.3) is 0 Å². The molecule has 0 heterocycles. The number of rotatable bonds is 8. The smallest absolute Gasteiger partial charge is 0.0487 e. The highest BCUT2D eigenvalue weighted by atomic mass is 16.3. The molecule has 1 nitrogen and oxygen atoms in total. The monoisotopic (exact) mass is 198 g/mol. The fourth-order valence-corrected chi connectivity index (χ4v) is 2.32. The first-order valence-corrected chi connectivity index (χ1v) is 6.34. The van der Waals surface area contributed by atoms with Gasteiger partial charge in [-0.15, -0.1) is 0 Å². The molecular formula is C13H26O. The van der Waals surface area contributed by atoms with Crippen LogP contribution in [0.4, 0.5) is 0 Å². The Morgan fingerprint density at radius 1 is 1.14 bits per heavy atom. The highest BCUT2D eigenvalue weighted by molar-refractivity contribution is 4.90. The largest absolute Gasteiger partial charge is 0.396 e. The fraction of sp³-hybridized carbons (Fsp3) is 1.00. The topological polar surface area (TPSA) is 20.2 Å². The van der Waals surface area contributed by atoms with Gasteiger partial charge in [0.05, 0.1) is 0 Å². The van der Waals surface area contributed by atoms with E-state index < -0.39 is 0 Å². The lowest BCUT2D eigenvalue weighted by molar-refractivity contribution is 0.107. The Bertz CT molecular complexity index is 151. The van der Waals surface area contributed by atoms with E-state index in [1.807, 2.05) is 0 Å². The highest BCUT2D eigenvalue weighted by Crippen LogP contribution is 2.48. The van der Waals surface area contributed by atoms with E-state index in [2.05, 4.69) is 13.8 Å². The van der Waals surface area contributed by atoms with Crippen molar-refractivity contribution >= 4 is 0 Å². The lowest BCUT2D eigenvalue weighted by atomic mass is 9.80. The third-order valence-electron chi connectivity index (χ3n) is 3.78. The van der Waals surface area contributed by atoms with Gasteiger partial charge in [-0.1, -0.05) is 46.0 Å². The average Bonchev–Trinajstić information content (AvgIpc) is 3.01. The normalized spacial score (nSPS) is 20.8. The summed E-state index contributed by atoms with van der Waals surface area (Å²) in [6.07, 6.45) is 10.7. The molecule has 0 aromatic heterocycles. The molecule has 0 aromatic rings. The van der Waals surface area contributed by atoms with Gasteiger partial charge in [-0.05, 0) is 30.6 Å². The summed E-state index contributed by atoms with van der Waals surface area (Å²) in [7, 11) is 0. The predicted molar refractivity (Wildman–Crippen MR) is 61.3 cm³/mol. The molecule has 1 saturated carbocycles. The molecule has 1 aliphatic carbocycles. The maximum Gasteiger partial charge on any atom is 0.0487 e. The van der Waals surface area contributed by atoms with E-state index in [9.17, 15) is 5.11 Å². The maximum absolute atomic E-state index is 9.40. The van der Waals surface area contributed by atoms with Crippen LogP contribution in [0, 0.1) is 11.3 Å². The number of aliphatic hydroxyl groups is 1. The summed E-state index contributed by atoms with van der Waals surface area (Å²) in [6, 6.07) is 0. The second-order valence-electron chi connectivity index (χ2n) is 5.25. The van der Waals surface area contributed by atoms with Crippen molar-refractivity contribution in [1.82, 2.24) is 0 Å². The Balaban J connectivity index is 2.08. The Morgan fingerprint density at radius 2 is 1.79 bits per heavy atom. The van der Waals surface area contributed by atoms with Gasteiger partial charge in [-0.2, -0.15) is 0 Å². The fourth-order valence-electron chi connectivity index (χ4n) is 2.32. The van der Waals surface area contributed by atoms with Crippen LogP contribution >= 0.6 is 0 Å². The number of hydrogen-bond donors (Lipinski definition) is 1. The molecule has 1 N–H and O–H groups in total. The molecule has 0 amide bonds. The molecule has 1 aliphatic rings. The van der Waals surface area contributed by atoms with E-state index in [-0.39, 0.29) is 5.41 Å². The van der Waals surface area contributed by atoms with Crippen LogP contribution in [0.1, 0.15) is 65.2 Å². The molecule has 14 heavy (non-hydrogen) atoms. The first-order valence-electron chi connectivity index (χ1n) is 6.34. The molecule has 0 radical (unpaired) electrons. The second-order valence-corrected chi connectivity index (χ2v) is 5.25.